The number of para-hydroxylation sites is 1. The first-order valence-electron chi connectivity index (χ1n) is 8.64. The highest BCUT2D eigenvalue weighted by Crippen LogP contribution is 2.35. The highest BCUT2D eigenvalue weighted by molar-refractivity contribution is 7.13. The molecule has 28 heavy (non-hydrogen) atoms. The van der Waals surface area contributed by atoms with Gasteiger partial charge in [-0.2, -0.15) is 0 Å². The summed E-state index contributed by atoms with van der Waals surface area (Å²) in [4.78, 5) is 13.5. The molecule has 4 aromatic rings. The third-order valence-corrected chi connectivity index (χ3v) is 5.74. The molecule has 0 aliphatic carbocycles. The molecule has 0 fully saturated rings. The summed E-state index contributed by atoms with van der Waals surface area (Å²) in [5, 5.41) is 8.68. The third kappa shape index (κ3) is 3.48. The van der Waals surface area contributed by atoms with Crippen molar-refractivity contribution < 1.29 is 9.18 Å². The summed E-state index contributed by atoms with van der Waals surface area (Å²) in [6.45, 7) is 0.356. The minimum Gasteiger partial charge on any atom is -0.343 e. The molecule has 0 bridgehead atoms. The molecule has 2 heterocycles. The van der Waals surface area contributed by atoms with Gasteiger partial charge in [0.05, 0.1) is 15.6 Å². The lowest BCUT2D eigenvalue weighted by Crippen LogP contribution is -2.28. The van der Waals surface area contributed by atoms with Crippen molar-refractivity contribution in [1.82, 2.24) is 9.88 Å². The van der Waals surface area contributed by atoms with Crippen LogP contribution in [0.4, 0.5) is 14.9 Å². The molecule has 2 amide bonds. The number of amides is 2. The number of nitrogens with one attached hydrogen (secondary N) is 2. The number of fused-ring (bicyclic) bond motifs is 1. The van der Waals surface area contributed by atoms with Crippen LogP contribution >= 0.6 is 22.9 Å². The van der Waals surface area contributed by atoms with E-state index in [1.165, 1.54) is 18.2 Å². The Bertz CT molecular complexity index is 1150. The van der Waals surface area contributed by atoms with Crippen LogP contribution in [0.15, 0.2) is 60.0 Å². The van der Waals surface area contributed by atoms with Gasteiger partial charge in [-0.25, -0.2) is 9.18 Å². The Morgan fingerprint density at radius 2 is 2.00 bits per heavy atom. The van der Waals surface area contributed by atoms with E-state index in [1.54, 1.807) is 11.3 Å². The number of carbonyl (C=O) groups is 1. The number of anilines is 1. The van der Waals surface area contributed by atoms with Crippen molar-refractivity contribution in [3.05, 3.63) is 76.4 Å². The molecule has 0 saturated heterocycles. The monoisotopic (exact) mass is 413 g/mol. The fraction of sp³-hybridized carbons (Fsp3) is 0.0952. The number of halogens is 2. The Kier molecular flexibility index (Phi) is 5.07. The van der Waals surface area contributed by atoms with E-state index in [2.05, 4.69) is 33.4 Å². The molecule has 4 nitrogen and oxygen atoms in total. The van der Waals surface area contributed by atoms with Crippen LogP contribution in [0, 0.1) is 5.82 Å². The van der Waals surface area contributed by atoms with Crippen molar-refractivity contribution in [3.63, 3.8) is 0 Å². The molecule has 0 saturated carbocycles. The Hall–Kier alpha value is -2.83. The van der Waals surface area contributed by atoms with Crippen molar-refractivity contribution in [2.45, 2.75) is 6.54 Å². The van der Waals surface area contributed by atoms with Crippen molar-refractivity contribution in [2.75, 3.05) is 5.32 Å². The van der Waals surface area contributed by atoms with Crippen LogP contribution in [0.25, 0.3) is 21.5 Å². The number of hydrogen-bond donors (Lipinski definition) is 2. The zero-order valence-corrected chi connectivity index (χ0v) is 16.6. The van der Waals surface area contributed by atoms with Crippen LogP contribution in [-0.4, -0.2) is 10.6 Å². The van der Waals surface area contributed by atoms with Gasteiger partial charge in [-0.05, 0) is 35.7 Å². The molecule has 0 aliphatic heterocycles. The summed E-state index contributed by atoms with van der Waals surface area (Å²) in [5.74, 6) is -0.524. The number of nitrogens with zero attached hydrogens (tertiary/aromatic N) is 1. The van der Waals surface area contributed by atoms with E-state index in [0.29, 0.717) is 12.2 Å². The fourth-order valence-corrected chi connectivity index (χ4v) is 4.31. The normalized spacial score (nSPS) is 11.0. The third-order valence-electron chi connectivity index (χ3n) is 4.57. The minimum atomic E-state index is -0.524. The standard InChI is InChI=1S/C21H17ClFN3OS/c1-26-18-6-3-2-5-14(18)15(20(26)19-7-4-10-28-19)12-24-21(27)25-13-8-9-17(23)16(22)11-13/h2-11H,12H2,1H3,(H2,24,25,27). The van der Waals surface area contributed by atoms with Gasteiger partial charge in [-0.3, -0.25) is 0 Å². The second-order valence-corrected chi connectivity index (χ2v) is 7.67. The maximum atomic E-state index is 13.3. The van der Waals surface area contributed by atoms with E-state index < -0.39 is 5.82 Å². The summed E-state index contributed by atoms with van der Waals surface area (Å²) >= 11 is 7.43. The fourth-order valence-electron chi connectivity index (χ4n) is 3.30. The zero-order chi connectivity index (χ0) is 19.7. The summed E-state index contributed by atoms with van der Waals surface area (Å²) < 4.78 is 15.4. The summed E-state index contributed by atoms with van der Waals surface area (Å²) in [7, 11) is 2.03. The highest BCUT2D eigenvalue weighted by atomic mass is 35.5. The molecule has 142 valence electrons. The maximum Gasteiger partial charge on any atom is 0.319 e. The number of benzene rings is 2. The molecule has 2 aromatic heterocycles. The highest BCUT2D eigenvalue weighted by Gasteiger charge is 2.17. The van der Waals surface area contributed by atoms with Gasteiger partial charge in [0.1, 0.15) is 5.82 Å². The second-order valence-electron chi connectivity index (χ2n) is 6.32. The van der Waals surface area contributed by atoms with E-state index in [4.69, 9.17) is 11.6 Å². The van der Waals surface area contributed by atoms with Crippen LogP contribution in [-0.2, 0) is 13.6 Å². The first kappa shape index (κ1) is 18.5. The Morgan fingerprint density at radius 3 is 2.75 bits per heavy atom. The van der Waals surface area contributed by atoms with Crippen molar-refractivity contribution in [3.8, 4) is 10.6 Å². The average molecular weight is 414 g/mol. The molecule has 4 rings (SSSR count). The Labute approximate surface area is 170 Å². The first-order chi connectivity index (χ1) is 13.5. The average Bonchev–Trinajstić information content (AvgIpc) is 3.30. The van der Waals surface area contributed by atoms with E-state index in [9.17, 15) is 9.18 Å². The molecular formula is C21H17ClFN3OS. The van der Waals surface area contributed by atoms with Crippen molar-refractivity contribution in [1.29, 1.82) is 0 Å². The van der Waals surface area contributed by atoms with Gasteiger partial charge >= 0.3 is 6.03 Å². The van der Waals surface area contributed by atoms with Gasteiger partial charge in [-0.1, -0.05) is 35.9 Å². The lowest BCUT2D eigenvalue weighted by molar-refractivity contribution is 0.252. The van der Waals surface area contributed by atoms with Crippen LogP contribution in [0.2, 0.25) is 5.02 Å². The molecule has 0 atom stereocenters. The molecular weight excluding hydrogens is 397 g/mol. The number of aryl methyl sites for hydroxylation is 1. The lowest BCUT2D eigenvalue weighted by atomic mass is 10.1. The van der Waals surface area contributed by atoms with E-state index >= 15 is 0 Å². The van der Waals surface area contributed by atoms with Gasteiger partial charge in [0, 0.05) is 35.7 Å². The van der Waals surface area contributed by atoms with Crippen LogP contribution in [0.3, 0.4) is 0 Å². The number of rotatable bonds is 4. The second kappa shape index (κ2) is 7.66. The number of hydrogen-bond acceptors (Lipinski definition) is 2. The van der Waals surface area contributed by atoms with Crippen LogP contribution < -0.4 is 10.6 Å². The van der Waals surface area contributed by atoms with Crippen LogP contribution in [0.1, 0.15) is 5.56 Å². The maximum absolute atomic E-state index is 13.3. The largest absolute Gasteiger partial charge is 0.343 e. The Morgan fingerprint density at radius 1 is 1.18 bits per heavy atom. The quantitative estimate of drug-likeness (QED) is 0.422. The predicted octanol–water partition coefficient (Wildman–Crippen LogP) is 6.02. The summed E-state index contributed by atoms with van der Waals surface area (Å²) in [6, 6.07) is 15.9. The number of thiophene rings is 1. The lowest BCUT2D eigenvalue weighted by Gasteiger charge is -2.10. The minimum absolute atomic E-state index is 0.0353. The molecule has 0 radical (unpaired) electrons. The first-order valence-corrected chi connectivity index (χ1v) is 9.90. The smallest absolute Gasteiger partial charge is 0.319 e. The van der Waals surface area contributed by atoms with Gasteiger partial charge in [0.2, 0.25) is 0 Å². The van der Waals surface area contributed by atoms with Gasteiger partial charge in [-0.15, -0.1) is 11.3 Å². The molecule has 7 heteroatoms. The van der Waals surface area contributed by atoms with E-state index in [0.717, 1.165) is 27.0 Å². The number of urea groups is 1. The van der Waals surface area contributed by atoms with E-state index in [-0.39, 0.29) is 11.1 Å². The Balaban J connectivity index is 1.60. The number of aromatic nitrogens is 1. The molecule has 0 unspecified atom stereocenters. The van der Waals surface area contributed by atoms with Crippen molar-refractivity contribution >= 4 is 45.6 Å². The van der Waals surface area contributed by atoms with Gasteiger partial charge in [0.15, 0.2) is 0 Å². The summed E-state index contributed by atoms with van der Waals surface area (Å²) in [5.41, 5.74) is 3.67. The van der Waals surface area contributed by atoms with Crippen LogP contribution in [0.5, 0.6) is 0 Å². The topological polar surface area (TPSA) is 46.1 Å². The molecule has 0 spiro atoms. The van der Waals surface area contributed by atoms with Gasteiger partial charge < -0.3 is 15.2 Å². The number of carbonyl (C=O) groups excluding carboxylic acids is 1. The summed E-state index contributed by atoms with van der Waals surface area (Å²) in [6.07, 6.45) is 0. The predicted molar refractivity (Wildman–Crippen MR) is 114 cm³/mol. The van der Waals surface area contributed by atoms with Crippen molar-refractivity contribution in [2.24, 2.45) is 7.05 Å². The van der Waals surface area contributed by atoms with Gasteiger partial charge in [0.25, 0.3) is 0 Å². The molecule has 2 aromatic carbocycles. The van der Waals surface area contributed by atoms with E-state index in [1.807, 2.05) is 30.6 Å². The zero-order valence-electron chi connectivity index (χ0n) is 15.0. The molecule has 0 aliphatic rings. The SMILES string of the molecule is Cn1c(-c2cccs2)c(CNC(=O)Nc2ccc(F)c(Cl)c2)c2ccccc21. The molecule has 2 N–H and O–H groups in total.